The molecule has 106 valence electrons. The summed E-state index contributed by atoms with van der Waals surface area (Å²) < 4.78 is 15.1. The van der Waals surface area contributed by atoms with E-state index in [2.05, 4.69) is 5.32 Å². The Balaban J connectivity index is 2.74. The number of ether oxygens (including phenoxy) is 3. The number of rotatable bonds is 7. The highest BCUT2D eigenvalue weighted by molar-refractivity contribution is 6.21. The van der Waals surface area contributed by atoms with Gasteiger partial charge in [-0.2, -0.15) is 0 Å². The van der Waals surface area contributed by atoms with Crippen molar-refractivity contribution in [3.05, 3.63) is 23.8 Å². The highest BCUT2D eigenvalue weighted by atomic mass is 35.5. The van der Waals surface area contributed by atoms with E-state index in [0.29, 0.717) is 30.2 Å². The molecule has 1 aromatic rings. The van der Waals surface area contributed by atoms with Crippen molar-refractivity contribution in [2.45, 2.75) is 5.38 Å². The number of carbonyl (C=O) groups excluding carboxylic acids is 1. The van der Waals surface area contributed by atoms with Gasteiger partial charge in [-0.25, -0.2) is 0 Å². The Hall–Kier alpha value is -1.46. The van der Waals surface area contributed by atoms with Crippen LogP contribution in [0.5, 0.6) is 11.5 Å². The van der Waals surface area contributed by atoms with Gasteiger partial charge in [-0.3, -0.25) is 4.79 Å². The first-order chi connectivity index (χ1) is 9.12. The number of hydrogen-bond acceptors (Lipinski definition) is 4. The van der Waals surface area contributed by atoms with Crippen LogP contribution in [0.25, 0.3) is 0 Å². The van der Waals surface area contributed by atoms with E-state index in [4.69, 9.17) is 25.8 Å². The monoisotopic (exact) mass is 287 g/mol. The molecular weight excluding hydrogens is 270 g/mol. The van der Waals surface area contributed by atoms with Gasteiger partial charge in [0, 0.05) is 13.7 Å². The maximum absolute atomic E-state index is 12.1. The summed E-state index contributed by atoms with van der Waals surface area (Å²) >= 11 is 5.95. The second-order valence-electron chi connectivity index (χ2n) is 3.83. The third kappa shape index (κ3) is 4.61. The van der Waals surface area contributed by atoms with Crippen LogP contribution in [0.2, 0.25) is 0 Å². The summed E-state index contributed by atoms with van der Waals surface area (Å²) in [5.74, 6) is 0.805. The van der Waals surface area contributed by atoms with Gasteiger partial charge in [0.05, 0.1) is 31.8 Å². The summed E-state index contributed by atoms with van der Waals surface area (Å²) in [5.41, 5.74) is 0.406. The predicted octanol–water partition coefficient (Wildman–Crippen LogP) is 1.69. The Kier molecular flexibility index (Phi) is 6.45. The van der Waals surface area contributed by atoms with Crippen molar-refractivity contribution in [2.75, 3.05) is 34.5 Å². The van der Waals surface area contributed by atoms with Crippen molar-refractivity contribution in [3.63, 3.8) is 0 Å². The molecule has 0 saturated carbocycles. The Bertz CT molecular complexity index is 425. The van der Waals surface area contributed by atoms with Crippen LogP contribution in [0.3, 0.4) is 0 Å². The molecule has 0 saturated heterocycles. The average Bonchev–Trinajstić information content (AvgIpc) is 2.44. The molecule has 5 nitrogen and oxygen atoms in total. The van der Waals surface area contributed by atoms with E-state index in [1.54, 1.807) is 25.3 Å². The van der Waals surface area contributed by atoms with E-state index < -0.39 is 0 Å². The second kappa shape index (κ2) is 7.86. The molecule has 0 fully saturated rings. The first-order valence-electron chi connectivity index (χ1n) is 5.75. The number of carbonyl (C=O) groups is 1. The highest BCUT2D eigenvalue weighted by Crippen LogP contribution is 2.23. The molecule has 0 aliphatic heterocycles. The third-order valence-electron chi connectivity index (χ3n) is 2.48. The molecule has 6 heteroatoms. The van der Waals surface area contributed by atoms with Gasteiger partial charge < -0.3 is 19.5 Å². The van der Waals surface area contributed by atoms with Crippen LogP contribution < -0.4 is 14.8 Å². The number of halogens is 1. The molecule has 0 aliphatic rings. The number of benzene rings is 1. The molecule has 1 atom stereocenters. The molecular formula is C13H18ClNO4. The lowest BCUT2D eigenvalue weighted by molar-refractivity contribution is 0.0946. The summed E-state index contributed by atoms with van der Waals surface area (Å²) in [6, 6.07) is 5.03. The molecule has 19 heavy (non-hydrogen) atoms. The lowest BCUT2D eigenvalue weighted by Crippen LogP contribution is -2.31. The minimum atomic E-state index is -0.273. The van der Waals surface area contributed by atoms with Crippen molar-refractivity contribution in [2.24, 2.45) is 0 Å². The van der Waals surface area contributed by atoms with Crippen molar-refractivity contribution in [1.29, 1.82) is 0 Å². The molecule has 1 N–H and O–H groups in total. The van der Waals surface area contributed by atoms with Crippen molar-refractivity contribution in [3.8, 4) is 11.5 Å². The SMILES string of the molecule is COCC(Cl)CNC(=O)c1cc(OC)ccc1OC. The Morgan fingerprint density at radius 3 is 2.63 bits per heavy atom. The number of methoxy groups -OCH3 is 3. The largest absolute Gasteiger partial charge is 0.497 e. The first kappa shape index (κ1) is 15.6. The molecule has 0 heterocycles. The summed E-state index contributed by atoms with van der Waals surface area (Å²) in [5, 5.41) is 2.45. The zero-order valence-corrected chi connectivity index (χ0v) is 12.0. The Morgan fingerprint density at radius 1 is 1.32 bits per heavy atom. The standard InChI is InChI=1S/C13H18ClNO4/c1-17-8-9(14)7-15-13(16)11-6-10(18-2)4-5-12(11)19-3/h4-6,9H,7-8H2,1-3H3,(H,15,16). The van der Waals surface area contributed by atoms with E-state index in [0.717, 1.165) is 0 Å². The van der Waals surface area contributed by atoms with Crippen LogP contribution >= 0.6 is 11.6 Å². The van der Waals surface area contributed by atoms with Crippen LogP contribution in [-0.2, 0) is 4.74 Å². The van der Waals surface area contributed by atoms with E-state index in [1.165, 1.54) is 14.2 Å². The average molecular weight is 288 g/mol. The lowest BCUT2D eigenvalue weighted by Gasteiger charge is -2.12. The van der Waals surface area contributed by atoms with E-state index >= 15 is 0 Å². The van der Waals surface area contributed by atoms with Gasteiger partial charge in [0.15, 0.2) is 0 Å². The highest BCUT2D eigenvalue weighted by Gasteiger charge is 2.14. The Morgan fingerprint density at radius 2 is 2.05 bits per heavy atom. The van der Waals surface area contributed by atoms with E-state index in [1.807, 2.05) is 0 Å². The lowest BCUT2D eigenvalue weighted by atomic mass is 10.1. The minimum absolute atomic E-state index is 0.266. The summed E-state index contributed by atoms with van der Waals surface area (Å²) in [6.07, 6.45) is 0. The molecule has 1 aromatic carbocycles. The summed E-state index contributed by atoms with van der Waals surface area (Å²) in [7, 11) is 4.60. The van der Waals surface area contributed by atoms with E-state index in [-0.39, 0.29) is 11.3 Å². The first-order valence-corrected chi connectivity index (χ1v) is 6.19. The van der Waals surface area contributed by atoms with Crippen LogP contribution in [0.15, 0.2) is 18.2 Å². The van der Waals surface area contributed by atoms with Crippen molar-refractivity contribution < 1.29 is 19.0 Å². The summed E-state index contributed by atoms with van der Waals surface area (Å²) in [6.45, 7) is 0.686. The fourth-order valence-electron chi connectivity index (χ4n) is 1.53. The zero-order chi connectivity index (χ0) is 14.3. The van der Waals surface area contributed by atoms with Gasteiger partial charge in [-0.05, 0) is 18.2 Å². The Labute approximate surface area is 117 Å². The molecule has 0 spiro atoms. The van der Waals surface area contributed by atoms with Gasteiger partial charge in [0.1, 0.15) is 11.5 Å². The van der Waals surface area contributed by atoms with Gasteiger partial charge in [-0.15, -0.1) is 11.6 Å². The summed E-state index contributed by atoms with van der Waals surface area (Å²) in [4.78, 5) is 12.1. The smallest absolute Gasteiger partial charge is 0.255 e. The maximum atomic E-state index is 12.1. The maximum Gasteiger partial charge on any atom is 0.255 e. The fraction of sp³-hybridized carbons (Fsp3) is 0.462. The minimum Gasteiger partial charge on any atom is -0.497 e. The zero-order valence-electron chi connectivity index (χ0n) is 11.2. The molecule has 1 rings (SSSR count). The predicted molar refractivity (Wildman–Crippen MR) is 73.4 cm³/mol. The molecule has 0 aromatic heterocycles. The number of hydrogen-bond donors (Lipinski definition) is 1. The van der Waals surface area contributed by atoms with Gasteiger partial charge >= 0.3 is 0 Å². The van der Waals surface area contributed by atoms with Crippen molar-refractivity contribution >= 4 is 17.5 Å². The molecule has 1 unspecified atom stereocenters. The molecule has 1 amide bonds. The topological polar surface area (TPSA) is 56.8 Å². The molecule has 0 radical (unpaired) electrons. The quantitative estimate of drug-likeness (QED) is 0.776. The van der Waals surface area contributed by atoms with Crippen LogP contribution in [0.1, 0.15) is 10.4 Å². The van der Waals surface area contributed by atoms with Crippen molar-refractivity contribution in [1.82, 2.24) is 5.32 Å². The third-order valence-corrected chi connectivity index (χ3v) is 2.76. The molecule has 0 aliphatic carbocycles. The fourth-order valence-corrected chi connectivity index (χ4v) is 1.73. The molecule has 0 bridgehead atoms. The van der Waals surface area contributed by atoms with Gasteiger partial charge in [0.25, 0.3) is 5.91 Å². The van der Waals surface area contributed by atoms with Crippen LogP contribution in [0.4, 0.5) is 0 Å². The number of amides is 1. The second-order valence-corrected chi connectivity index (χ2v) is 4.45. The normalized spacial score (nSPS) is 11.8. The van der Waals surface area contributed by atoms with Crippen LogP contribution in [-0.4, -0.2) is 45.8 Å². The van der Waals surface area contributed by atoms with E-state index in [9.17, 15) is 4.79 Å². The van der Waals surface area contributed by atoms with Gasteiger partial charge in [0.2, 0.25) is 0 Å². The van der Waals surface area contributed by atoms with Gasteiger partial charge in [-0.1, -0.05) is 0 Å². The number of alkyl halides is 1. The number of nitrogens with one attached hydrogen (secondary N) is 1. The van der Waals surface area contributed by atoms with Crippen LogP contribution in [0, 0.1) is 0 Å².